The number of nitrogens with zero attached hydrogens (tertiary/aromatic N) is 6. The number of halogens is 1. The van der Waals surface area contributed by atoms with Crippen LogP contribution in [0.1, 0.15) is 70.6 Å². The molecule has 1 spiro atoms. The molecule has 4 heterocycles. The number of carbonyl (C=O) groups excluding carboxylic acids is 1. The molecule has 1 atom stereocenters. The van der Waals surface area contributed by atoms with Gasteiger partial charge in [-0.15, -0.1) is 5.10 Å². The average Bonchev–Trinajstić information content (AvgIpc) is 3.37. The third kappa shape index (κ3) is 4.27. The van der Waals surface area contributed by atoms with E-state index in [1.54, 1.807) is 16.9 Å². The number of carboxylic acid groups (broad SMARTS) is 1. The molecule has 0 bridgehead atoms. The van der Waals surface area contributed by atoms with Crippen molar-refractivity contribution in [1.29, 1.82) is 0 Å². The number of benzene rings is 1. The molecule has 6 rings (SSSR count). The predicted octanol–water partition coefficient (Wildman–Crippen LogP) is 3.63. The van der Waals surface area contributed by atoms with E-state index in [9.17, 15) is 9.59 Å². The van der Waals surface area contributed by atoms with Gasteiger partial charge in [0.1, 0.15) is 18.5 Å². The molecule has 35 heavy (non-hydrogen) atoms. The highest BCUT2D eigenvalue weighted by Crippen LogP contribution is 2.58. The first-order chi connectivity index (χ1) is 16.9. The van der Waals surface area contributed by atoms with Crippen LogP contribution < -0.4 is 4.90 Å². The van der Waals surface area contributed by atoms with Crippen LogP contribution in [0.3, 0.4) is 0 Å². The van der Waals surface area contributed by atoms with Crippen molar-refractivity contribution < 1.29 is 19.1 Å². The molecule has 1 amide bonds. The minimum atomic E-state index is -1.15. The van der Waals surface area contributed by atoms with Gasteiger partial charge in [-0.05, 0) is 55.7 Å². The molecule has 1 saturated carbocycles. The molecule has 3 fully saturated rings. The molecule has 0 unspecified atom stereocenters. The zero-order chi connectivity index (χ0) is 24.2. The highest BCUT2D eigenvalue weighted by molar-refractivity contribution is 6.31. The second kappa shape index (κ2) is 8.37. The molecule has 1 aliphatic carbocycles. The van der Waals surface area contributed by atoms with E-state index in [-0.39, 0.29) is 35.5 Å². The fraction of sp³-hybridized carbons (Fsp3) is 0.458. The number of hydrogen-bond acceptors (Lipinski definition) is 7. The van der Waals surface area contributed by atoms with Gasteiger partial charge in [-0.2, -0.15) is 0 Å². The molecular weight excluding hydrogens is 472 g/mol. The summed E-state index contributed by atoms with van der Waals surface area (Å²) in [6.45, 7) is 2.80. The van der Waals surface area contributed by atoms with Crippen LogP contribution in [-0.4, -0.2) is 61.5 Å². The van der Waals surface area contributed by atoms with E-state index < -0.39 is 5.97 Å². The van der Waals surface area contributed by atoms with E-state index in [0.717, 1.165) is 57.1 Å². The van der Waals surface area contributed by atoms with Crippen LogP contribution in [0.15, 0.2) is 35.1 Å². The third-order valence-corrected chi connectivity index (χ3v) is 7.51. The zero-order valence-corrected chi connectivity index (χ0v) is 19.8. The van der Waals surface area contributed by atoms with Crippen LogP contribution in [0.2, 0.25) is 5.02 Å². The average molecular weight is 497 g/mol. The summed E-state index contributed by atoms with van der Waals surface area (Å²) < 4.78 is 6.78. The summed E-state index contributed by atoms with van der Waals surface area (Å²) in [5, 5.41) is 18.1. The lowest BCUT2D eigenvalue weighted by Crippen LogP contribution is -2.32. The van der Waals surface area contributed by atoms with Crippen LogP contribution in [0.4, 0.5) is 5.69 Å². The Bertz CT molecular complexity index is 1290. The first-order valence-corrected chi connectivity index (χ1v) is 12.2. The lowest BCUT2D eigenvalue weighted by atomic mass is 10.0. The Morgan fingerprint density at radius 3 is 2.71 bits per heavy atom. The number of rotatable bonds is 6. The van der Waals surface area contributed by atoms with Crippen molar-refractivity contribution in [1.82, 2.24) is 24.9 Å². The molecule has 2 aromatic heterocycles. The maximum absolute atomic E-state index is 13.7. The largest absolute Gasteiger partial charge is 0.476 e. The summed E-state index contributed by atoms with van der Waals surface area (Å²) in [5.74, 6) is -0.969. The van der Waals surface area contributed by atoms with Gasteiger partial charge in [0.05, 0.1) is 12.2 Å². The number of hydrogen-bond donors (Lipinski definition) is 1. The number of carboxylic acids is 1. The van der Waals surface area contributed by atoms with Crippen LogP contribution in [-0.2, 0) is 6.54 Å². The van der Waals surface area contributed by atoms with Gasteiger partial charge < -0.3 is 19.3 Å². The lowest BCUT2D eigenvalue weighted by Gasteiger charge is -2.24. The van der Waals surface area contributed by atoms with Gasteiger partial charge in [0, 0.05) is 35.9 Å². The van der Waals surface area contributed by atoms with Crippen LogP contribution in [0, 0.1) is 5.41 Å². The summed E-state index contributed by atoms with van der Waals surface area (Å²) in [6.07, 6.45) is 8.23. The van der Waals surface area contributed by atoms with Gasteiger partial charge in [-0.3, -0.25) is 4.79 Å². The zero-order valence-electron chi connectivity index (χ0n) is 19.1. The Hall–Kier alpha value is -3.40. The van der Waals surface area contributed by atoms with Crippen molar-refractivity contribution >= 4 is 29.2 Å². The predicted molar refractivity (Wildman–Crippen MR) is 126 cm³/mol. The summed E-state index contributed by atoms with van der Waals surface area (Å²) in [5.41, 5.74) is 2.29. The SMILES string of the molecule is O=C(O)c1coc(Cn2cc([C@@H]3CC4(CC4)CN3C(=O)c3cc(Cl)cc(N4CCCC4)c3)nn2)n1. The van der Waals surface area contributed by atoms with Crippen molar-refractivity contribution in [2.75, 3.05) is 24.5 Å². The fourth-order valence-electron chi connectivity index (χ4n) is 5.26. The van der Waals surface area contributed by atoms with E-state index >= 15 is 0 Å². The van der Waals surface area contributed by atoms with E-state index in [0.29, 0.717) is 22.8 Å². The van der Waals surface area contributed by atoms with E-state index in [1.165, 1.54) is 0 Å². The molecule has 11 heteroatoms. The normalized spacial score (nSPS) is 20.7. The molecule has 1 N–H and O–H groups in total. The molecular formula is C24H25ClN6O4. The van der Waals surface area contributed by atoms with Gasteiger partial charge in [0.25, 0.3) is 5.91 Å². The number of oxazole rings is 1. The fourth-order valence-corrected chi connectivity index (χ4v) is 5.49. The number of anilines is 1. The molecule has 2 saturated heterocycles. The quantitative estimate of drug-likeness (QED) is 0.549. The first-order valence-electron chi connectivity index (χ1n) is 11.8. The molecule has 3 aromatic rings. The van der Waals surface area contributed by atoms with E-state index in [2.05, 4.69) is 20.2 Å². The Morgan fingerprint density at radius 1 is 1.20 bits per heavy atom. The van der Waals surface area contributed by atoms with E-state index in [4.69, 9.17) is 21.1 Å². The Balaban J connectivity index is 1.24. The lowest BCUT2D eigenvalue weighted by molar-refractivity contribution is 0.0688. The van der Waals surface area contributed by atoms with Gasteiger partial charge in [0.2, 0.25) is 5.89 Å². The standard InChI is InChI=1S/C24H25ClN6O4/c25-16-7-15(8-17(9-16)29-5-1-2-6-29)22(32)31-14-24(3-4-24)10-20(31)18-11-30(28-27-18)12-21-26-19(13-35-21)23(33)34/h7-9,11,13,20H,1-6,10,12,14H2,(H,33,34)/t20-/m0/s1. The van der Waals surface area contributed by atoms with Crippen LogP contribution in [0.25, 0.3) is 0 Å². The van der Waals surface area contributed by atoms with Gasteiger partial charge in [-0.25, -0.2) is 14.5 Å². The van der Waals surface area contributed by atoms with Crippen LogP contribution >= 0.6 is 11.6 Å². The Kier molecular flexibility index (Phi) is 5.28. The second-order valence-corrected chi connectivity index (χ2v) is 10.3. The van der Waals surface area contributed by atoms with Crippen LogP contribution in [0.5, 0.6) is 0 Å². The first kappa shape index (κ1) is 22.1. The van der Waals surface area contributed by atoms with Gasteiger partial charge in [0.15, 0.2) is 5.69 Å². The number of aromatic carboxylic acids is 1. The Morgan fingerprint density at radius 2 is 2.00 bits per heavy atom. The number of aromatic nitrogens is 4. The third-order valence-electron chi connectivity index (χ3n) is 7.29. The summed E-state index contributed by atoms with van der Waals surface area (Å²) in [4.78, 5) is 32.9. The van der Waals surface area contributed by atoms with Crippen molar-refractivity contribution in [3.8, 4) is 0 Å². The minimum Gasteiger partial charge on any atom is -0.476 e. The maximum Gasteiger partial charge on any atom is 0.357 e. The van der Waals surface area contributed by atoms with Crippen molar-refractivity contribution in [2.24, 2.45) is 5.41 Å². The molecule has 3 aliphatic rings. The van der Waals surface area contributed by atoms with Crippen molar-refractivity contribution in [3.05, 3.63) is 58.5 Å². The minimum absolute atomic E-state index is 0.0462. The maximum atomic E-state index is 13.7. The molecule has 0 radical (unpaired) electrons. The molecule has 10 nitrogen and oxygen atoms in total. The second-order valence-electron chi connectivity index (χ2n) is 9.82. The number of carbonyl (C=O) groups is 2. The number of amides is 1. The molecule has 2 aliphatic heterocycles. The topological polar surface area (TPSA) is 118 Å². The summed E-state index contributed by atoms with van der Waals surface area (Å²) in [6, 6.07) is 5.44. The summed E-state index contributed by atoms with van der Waals surface area (Å²) >= 11 is 6.43. The monoisotopic (exact) mass is 496 g/mol. The number of likely N-dealkylation sites (tertiary alicyclic amines) is 1. The van der Waals surface area contributed by atoms with Gasteiger partial charge >= 0.3 is 5.97 Å². The highest BCUT2D eigenvalue weighted by Gasteiger charge is 2.54. The highest BCUT2D eigenvalue weighted by atomic mass is 35.5. The van der Waals surface area contributed by atoms with E-state index in [1.807, 2.05) is 17.0 Å². The summed E-state index contributed by atoms with van der Waals surface area (Å²) in [7, 11) is 0. The molecule has 182 valence electrons. The smallest absolute Gasteiger partial charge is 0.357 e. The molecule has 1 aromatic carbocycles. The van der Waals surface area contributed by atoms with Crippen molar-refractivity contribution in [3.63, 3.8) is 0 Å². The van der Waals surface area contributed by atoms with Crippen molar-refractivity contribution in [2.45, 2.75) is 44.7 Å². The Labute approximate surface area is 206 Å². The van der Waals surface area contributed by atoms with Gasteiger partial charge in [-0.1, -0.05) is 16.8 Å².